The third-order valence-electron chi connectivity index (χ3n) is 5.63. The number of hydrogen-bond donors (Lipinski definition) is 2. The molecule has 0 aliphatic heterocycles. The molecule has 0 aliphatic carbocycles. The van der Waals surface area contributed by atoms with Crippen LogP contribution in [-0.2, 0) is 19.6 Å². The highest BCUT2D eigenvalue weighted by Crippen LogP contribution is 2.29. The Balaban J connectivity index is 2.01. The van der Waals surface area contributed by atoms with Gasteiger partial charge in [0.15, 0.2) is 0 Å². The number of hydrogen-bond acceptors (Lipinski definition) is 9. The number of esters is 1. The molecular formula is C25H36N4O6S2. The summed E-state index contributed by atoms with van der Waals surface area (Å²) in [5.74, 6) is 0.498. The fourth-order valence-corrected chi connectivity index (χ4v) is 5.17. The maximum atomic E-state index is 11.7. The average Bonchev–Trinajstić information content (AvgIpc) is 2.85. The predicted molar refractivity (Wildman–Crippen MR) is 146 cm³/mol. The molecule has 37 heavy (non-hydrogen) atoms. The van der Waals surface area contributed by atoms with Crippen LogP contribution in [0.1, 0.15) is 39.0 Å². The van der Waals surface area contributed by atoms with Gasteiger partial charge in [-0.25, -0.2) is 13.6 Å². The van der Waals surface area contributed by atoms with E-state index in [0.717, 1.165) is 43.3 Å². The molecule has 12 heteroatoms. The van der Waals surface area contributed by atoms with Crippen molar-refractivity contribution in [2.75, 3.05) is 37.8 Å². The van der Waals surface area contributed by atoms with Crippen LogP contribution in [0.5, 0.6) is 0 Å². The molecule has 0 aromatic heterocycles. The number of sulfonamides is 1. The zero-order valence-corrected chi connectivity index (χ0v) is 22.9. The number of carbonyl (C=O) groups excluding carboxylic acids is 1. The topological polar surface area (TPSA) is 145 Å². The lowest BCUT2D eigenvalue weighted by Crippen LogP contribution is -2.30. The minimum atomic E-state index is -4.06. The van der Waals surface area contributed by atoms with Crippen LogP contribution < -0.4 is 10.5 Å². The number of nitrogens with one attached hydrogen (secondary N) is 1. The molecule has 0 amide bonds. The fourth-order valence-electron chi connectivity index (χ4n) is 3.64. The van der Waals surface area contributed by atoms with Gasteiger partial charge in [-0.2, -0.15) is 0 Å². The van der Waals surface area contributed by atoms with Crippen molar-refractivity contribution in [1.29, 1.82) is 0 Å². The molecule has 0 unspecified atom stereocenters. The first-order chi connectivity index (χ1) is 17.6. The van der Waals surface area contributed by atoms with Crippen LogP contribution in [0.3, 0.4) is 0 Å². The zero-order valence-electron chi connectivity index (χ0n) is 21.3. The second kappa shape index (κ2) is 15.6. The normalized spacial score (nSPS) is 12.3. The Morgan fingerprint density at radius 3 is 2.54 bits per heavy atom. The van der Waals surface area contributed by atoms with Crippen LogP contribution in [0.2, 0.25) is 0 Å². The van der Waals surface area contributed by atoms with Crippen molar-refractivity contribution in [3.63, 3.8) is 0 Å². The van der Waals surface area contributed by atoms with Gasteiger partial charge >= 0.3 is 5.97 Å². The lowest BCUT2D eigenvalue weighted by Gasteiger charge is -2.23. The van der Waals surface area contributed by atoms with E-state index in [1.54, 1.807) is 18.7 Å². The largest absolute Gasteiger partial charge is 0.466 e. The van der Waals surface area contributed by atoms with Crippen LogP contribution in [0, 0.1) is 10.1 Å². The van der Waals surface area contributed by atoms with Crippen molar-refractivity contribution in [1.82, 2.24) is 4.90 Å². The quantitative estimate of drug-likeness (QED) is 0.0966. The van der Waals surface area contributed by atoms with E-state index in [1.165, 1.54) is 12.1 Å². The van der Waals surface area contributed by atoms with Crippen LogP contribution in [0.4, 0.5) is 11.4 Å². The van der Waals surface area contributed by atoms with Crippen molar-refractivity contribution in [2.24, 2.45) is 5.14 Å². The summed E-state index contributed by atoms with van der Waals surface area (Å²) in [6, 6.07) is 13.4. The molecule has 10 nitrogen and oxygen atoms in total. The van der Waals surface area contributed by atoms with Crippen molar-refractivity contribution in [3.8, 4) is 0 Å². The summed E-state index contributed by atoms with van der Waals surface area (Å²) in [5.41, 5.74) is -0.0890. The average molecular weight is 553 g/mol. The maximum Gasteiger partial charge on any atom is 0.305 e. The molecule has 0 bridgehead atoms. The van der Waals surface area contributed by atoms with E-state index in [9.17, 15) is 23.3 Å². The molecule has 0 saturated carbocycles. The Morgan fingerprint density at radius 2 is 1.89 bits per heavy atom. The molecule has 2 aromatic carbocycles. The van der Waals surface area contributed by atoms with Gasteiger partial charge < -0.3 is 15.0 Å². The van der Waals surface area contributed by atoms with E-state index in [2.05, 4.69) is 10.2 Å². The molecule has 0 spiro atoms. The third kappa shape index (κ3) is 11.5. The Labute approximate surface area is 223 Å². The number of nitro groups is 1. The van der Waals surface area contributed by atoms with Gasteiger partial charge in [-0.15, -0.1) is 11.8 Å². The molecule has 0 saturated heterocycles. The van der Waals surface area contributed by atoms with Gasteiger partial charge in [-0.3, -0.25) is 14.9 Å². The van der Waals surface area contributed by atoms with Gasteiger partial charge in [0, 0.05) is 29.2 Å². The number of nitro benzene ring substituents is 1. The number of rotatable bonds is 17. The van der Waals surface area contributed by atoms with E-state index < -0.39 is 14.9 Å². The second-order valence-electron chi connectivity index (χ2n) is 8.65. The second-order valence-corrected chi connectivity index (χ2v) is 11.3. The molecule has 204 valence electrons. The van der Waals surface area contributed by atoms with Gasteiger partial charge in [0.25, 0.3) is 5.69 Å². The Hall–Kier alpha value is -2.67. The molecule has 0 fully saturated rings. The van der Waals surface area contributed by atoms with Gasteiger partial charge in [-0.05, 0) is 70.6 Å². The highest BCUT2D eigenvalue weighted by Gasteiger charge is 2.21. The summed E-state index contributed by atoms with van der Waals surface area (Å²) in [6.45, 7) is 3.82. The highest BCUT2D eigenvalue weighted by atomic mass is 32.2. The van der Waals surface area contributed by atoms with E-state index >= 15 is 0 Å². The summed E-state index contributed by atoms with van der Waals surface area (Å²) < 4.78 is 28.3. The van der Waals surface area contributed by atoms with E-state index in [4.69, 9.17) is 9.88 Å². The van der Waals surface area contributed by atoms with Crippen molar-refractivity contribution in [2.45, 2.75) is 54.9 Å². The number of anilines is 1. The number of unbranched alkanes of at least 4 members (excludes halogenated alkanes) is 2. The number of ether oxygens (including phenoxy) is 1. The minimum absolute atomic E-state index is 0.115. The van der Waals surface area contributed by atoms with E-state index in [1.807, 2.05) is 37.4 Å². The first-order valence-electron chi connectivity index (χ1n) is 12.2. The Kier molecular flexibility index (Phi) is 12.8. The summed E-state index contributed by atoms with van der Waals surface area (Å²) >= 11 is 1.64. The number of thioether (sulfide) groups is 1. The molecule has 3 N–H and O–H groups in total. The fraction of sp³-hybridized carbons (Fsp3) is 0.480. The number of benzene rings is 2. The SMILES string of the molecule is CCOC(=O)CCCCCN(C)CC[C@H](CSc1ccccc1)Nc1ccc(S(N)(=O)=O)cc1[N+](=O)[O-]. The maximum absolute atomic E-state index is 11.7. The third-order valence-corrected chi connectivity index (χ3v) is 7.72. The molecule has 0 radical (unpaired) electrons. The number of nitrogens with two attached hydrogens (primary N) is 1. The monoisotopic (exact) mass is 552 g/mol. The minimum Gasteiger partial charge on any atom is -0.466 e. The van der Waals surface area contributed by atoms with E-state index in [0.29, 0.717) is 25.2 Å². The van der Waals surface area contributed by atoms with Gasteiger partial charge in [0.2, 0.25) is 10.0 Å². The number of primary sulfonamides is 1. The molecule has 0 aliphatic rings. The van der Waals surface area contributed by atoms with Crippen LogP contribution in [-0.4, -0.2) is 62.7 Å². The number of nitrogens with zero attached hydrogens (tertiary/aromatic N) is 2. The standard InChI is InChI=1S/C25H36N4O6S2/c1-3-35-25(30)12-8-5-9-16-28(2)17-15-20(19-36-21-10-6-4-7-11-21)27-23-14-13-22(37(26,33)34)18-24(23)29(31)32/h4,6-7,10-11,13-14,18,20,27H,3,5,8-9,12,15-17,19H2,1-2H3,(H2,26,33,34)/t20-/m1/s1. The predicted octanol–water partition coefficient (Wildman–Crippen LogP) is 4.26. The molecule has 0 heterocycles. The summed E-state index contributed by atoms with van der Waals surface area (Å²) in [4.78, 5) is 25.5. The first kappa shape index (κ1) is 30.6. The summed E-state index contributed by atoms with van der Waals surface area (Å²) in [7, 11) is -2.04. The highest BCUT2D eigenvalue weighted by molar-refractivity contribution is 7.99. The smallest absolute Gasteiger partial charge is 0.305 e. The van der Waals surface area contributed by atoms with Crippen molar-refractivity contribution >= 4 is 39.1 Å². The van der Waals surface area contributed by atoms with Gasteiger partial charge in [0.05, 0.1) is 16.4 Å². The van der Waals surface area contributed by atoms with Crippen molar-refractivity contribution < 1.29 is 22.9 Å². The Bertz CT molecular complexity index is 1120. The lowest BCUT2D eigenvalue weighted by molar-refractivity contribution is -0.384. The van der Waals surface area contributed by atoms with Crippen LogP contribution >= 0.6 is 11.8 Å². The summed E-state index contributed by atoms with van der Waals surface area (Å²) in [6.07, 6.45) is 3.82. The zero-order chi connectivity index (χ0) is 27.3. The van der Waals surface area contributed by atoms with Gasteiger partial charge in [-0.1, -0.05) is 24.6 Å². The van der Waals surface area contributed by atoms with Crippen LogP contribution in [0.15, 0.2) is 58.3 Å². The first-order valence-corrected chi connectivity index (χ1v) is 14.7. The molecule has 2 aromatic rings. The number of carbonyl (C=O) groups is 1. The van der Waals surface area contributed by atoms with Crippen molar-refractivity contribution in [3.05, 3.63) is 58.6 Å². The summed E-state index contributed by atoms with van der Waals surface area (Å²) in [5, 5.41) is 20.1. The van der Waals surface area contributed by atoms with Gasteiger partial charge in [0.1, 0.15) is 5.69 Å². The Morgan fingerprint density at radius 1 is 1.16 bits per heavy atom. The van der Waals surface area contributed by atoms with Crippen LogP contribution in [0.25, 0.3) is 0 Å². The lowest BCUT2D eigenvalue weighted by atomic mass is 10.1. The van der Waals surface area contributed by atoms with E-state index in [-0.39, 0.29) is 28.3 Å². The molecule has 1 atom stereocenters. The molecular weight excluding hydrogens is 516 g/mol. The molecule has 2 rings (SSSR count).